The first-order chi connectivity index (χ1) is 70.8. The lowest BCUT2D eigenvalue weighted by atomic mass is 10.2. The number of hydrogen-bond donors (Lipinski definition) is 4. The molecule has 15 heterocycles. The molecule has 4 N–H and O–H groups in total. The topological polar surface area (TPSA) is 302 Å². The van der Waals surface area contributed by atoms with E-state index < -0.39 is 71.2 Å². The Labute approximate surface area is 868 Å². The lowest BCUT2D eigenvalue weighted by Crippen LogP contribution is -2.48. The molecule has 1 saturated heterocycles. The smallest absolute Gasteiger partial charge is 0.383 e. The van der Waals surface area contributed by atoms with E-state index in [0.29, 0.717) is 123 Å². The van der Waals surface area contributed by atoms with E-state index in [-0.39, 0.29) is 69.6 Å². The van der Waals surface area contributed by atoms with E-state index in [1.165, 1.54) is 60.7 Å². The molecule has 1 aliphatic heterocycles. The minimum atomic E-state index is -4.47. The predicted octanol–water partition coefficient (Wildman–Crippen LogP) is 22.0. The van der Waals surface area contributed by atoms with Gasteiger partial charge in [0.05, 0.1) is 65.1 Å². The van der Waals surface area contributed by atoms with Crippen molar-refractivity contribution in [3.63, 3.8) is 0 Å². The zero-order valence-electron chi connectivity index (χ0n) is 80.9. The van der Waals surface area contributed by atoms with Gasteiger partial charge in [0.2, 0.25) is 0 Å². The maximum atomic E-state index is 13.0. The molecule has 16 aromatic rings. The van der Waals surface area contributed by atoms with Crippen molar-refractivity contribution in [3.05, 3.63) is 299 Å². The highest BCUT2D eigenvalue weighted by Gasteiger charge is 2.41. The third-order valence-corrected chi connectivity index (χ3v) is 28.3. The van der Waals surface area contributed by atoms with Gasteiger partial charge in [-0.05, 0) is 169 Å². The number of piperazine rings is 1. The molecular formula is C98H93F18N21O7S6. The first-order valence-corrected chi connectivity index (χ1v) is 49.8. The molecule has 1 fully saturated rings. The van der Waals surface area contributed by atoms with Crippen LogP contribution < -0.4 is 26.2 Å². The molecule has 0 bridgehead atoms. The van der Waals surface area contributed by atoms with Gasteiger partial charge >= 0.3 is 37.1 Å². The number of aromatic nitrogens is 14. The Morgan fingerprint density at radius 3 is 1.00 bits per heavy atom. The van der Waals surface area contributed by atoms with Crippen molar-refractivity contribution >= 4 is 109 Å². The van der Waals surface area contributed by atoms with Gasteiger partial charge in [-0.15, -0.1) is 68.0 Å². The number of benzene rings is 2. The average molecular weight is 2210 g/mol. The van der Waals surface area contributed by atoms with Crippen LogP contribution >= 0.6 is 68.0 Å². The minimum absolute atomic E-state index is 0.0964. The van der Waals surface area contributed by atoms with E-state index in [4.69, 9.17) is 4.74 Å². The van der Waals surface area contributed by atoms with Crippen LogP contribution in [-0.4, -0.2) is 173 Å². The van der Waals surface area contributed by atoms with Crippen LogP contribution in [0, 0.1) is 5.92 Å². The highest BCUT2D eigenvalue weighted by Crippen LogP contribution is 2.42. The third-order valence-electron chi connectivity index (χ3n) is 21.7. The number of rotatable bonds is 25. The highest BCUT2D eigenvalue weighted by molar-refractivity contribution is 7.19. The SMILES string of the molecule is CC(C)CNC(=O)c1ccc(-c2cc(C(F)(F)F)n(C)n2)s1.CCN(Cc1ccncc1)C(=O)c1ccc(-c2cc(C(F)(F)F)n(C)n2)s1.COCCNC(=O)c1ccc(-c2cc(C(F)(F)F)n(C)n2)s1.Cn1nc(-c2ccc(C(=O)N3CCN(c4ccccc4)CC3)s2)cc1C(F)(F)F.Cn1nc(-c2ccc(C(=O)NCc3ccccc3)s2)cc1C(F)(F)F.Cn1nc(-c2ccc(C(=O)NCc3cccnc3)s2)cc1C(F)(F)F. The number of thiophene rings is 6. The Bertz CT molecular complexity index is 7070. The fraction of sp³-hybridized carbons (Fsp3) is 0.286. The fourth-order valence-corrected chi connectivity index (χ4v) is 19.6. The molecule has 0 saturated carbocycles. The summed E-state index contributed by atoms with van der Waals surface area (Å²) >= 11 is 6.71. The maximum Gasteiger partial charge on any atom is 0.433 e. The number of ether oxygens (including phenoxy) is 1. The number of pyridine rings is 2. The number of para-hydroxylation sites is 1. The molecule has 794 valence electrons. The summed E-state index contributed by atoms with van der Waals surface area (Å²) in [5.74, 6) is -1.02. The Morgan fingerprint density at radius 2 is 0.673 bits per heavy atom. The van der Waals surface area contributed by atoms with Crippen molar-refractivity contribution in [2.24, 2.45) is 48.2 Å². The van der Waals surface area contributed by atoms with Gasteiger partial charge in [-0.3, -0.25) is 66.8 Å². The molecule has 0 spiro atoms. The monoisotopic (exact) mass is 2210 g/mol. The van der Waals surface area contributed by atoms with E-state index in [2.05, 4.69) is 66.7 Å². The van der Waals surface area contributed by atoms with Gasteiger partial charge in [-0.2, -0.15) is 110 Å². The summed E-state index contributed by atoms with van der Waals surface area (Å²) in [7, 11) is 9.00. The van der Waals surface area contributed by atoms with E-state index in [1.807, 2.05) is 99.6 Å². The molecule has 28 nitrogen and oxygen atoms in total. The summed E-state index contributed by atoms with van der Waals surface area (Å²) in [5, 5.41) is 34.3. The zero-order chi connectivity index (χ0) is 109. The van der Waals surface area contributed by atoms with Crippen LogP contribution in [0.4, 0.5) is 84.7 Å². The molecule has 0 aliphatic carbocycles. The Kier molecular flexibility index (Phi) is 37.9. The Hall–Kier alpha value is -14.5. The van der Waals surface area contributed by atoms with Crippen molar-refractivity contribution in [2.45, 2.75) is 77.5 Å². The Balaban J connectivity index is 0.000000160. The highest BCUT2D eigenvalue weighted by atomic mass is 32.1. The first-order valence-electron chi connectivity index (χ1n) is 44.9. The van der Waals surface area contributed by atoms with Gasteiger partial charge < -0.3 is 40.7 Å². The van der Waals surface area contributed by atoms with Crippen LogP contribution in [0.2, 0.25) is 0 Å². The van der Waals surface area contributed by atoms with E-state index >= 15 is 0 Å². The van der Waals surface area contributed by atoms with E-state index in [9.17, 15) is 108 Å². The number of amides is 6. The van der Waals surface area contributed by atoms with Crippen molar-refractivity contribution in [1.82, 2.24) is 99.7 Å². The van der Waals surface area contributed by atoms with Gasteiger partial charge in [0, 0.05) is 145 Å². The second-order valence-electron chi connectivity index (χ2n) is 33.1. The number of nitrogens with zero attached hydrogens (tertiary/aromatic N) is 17. The van der Waals surface area contributed by atoms with Gasteiger partial charge in [-0.1, -0.05) is 68.4 Å². The summed E-state index contributed by atoms with van der Waals surface area (Å²) in [6, 6.07) is 51.9. The molecule has 2 aromatic carbocycles. The van der Waals surface area contributed by atoms with Crippen molar-refractivity contribution in [2.75, 3.05) is 64.4 Å². The number of carbonyl (C=O) groups excluding carboxylic acids is 6. The molecule has 1 aliphatic rings. The second kappa shape index (κ2) is 49.8. The number of halogens is 18. The normalized spacial score (nSPS) is 12.3. The number of hydrogen-bond acceptors (Lipinski definition) is 22. The van der Waals surface area contributed by atoms with Crippen LogP contribution in [0.1, 0.15) is 130 Å². The zero-order valence-corrected chi connectivity index (χ0v) is 85.8. The van der Waals surface area contributed by atoms with Crippen LogP contribution in [0.3, 0.4) is 0 Å². The van der Waals surface area contributed by atoms with Gasteiger partial charge in [0.1, 0.15) is 68.3 Å². The number of nitrogens with one attached hydrogen (secondary N) is 4. The molecule has 0 unspecified atom stereocenters. The van der Waals surface area contributed by atoms with Gasteiger partial charge in [0.25, 0.3) is 35.4 Å². The predicted molar refractivity (Wildman–Crippen MR) is 533 cm³/mol. The quantitative estimate of drug-likeness (QED) is 0.0305. The molecular weight excluding hydrogens is 2120 g/mol. The van der Waals surface area contributed by atoms with Crippen LogP contribution in [0.15, 0.2) is 219 Å². The molecule has 0 atom stereocenters. The van der Waals surface area contributed by atoms with E-state index in [0.717, 1.165) is 157 Å². The largest absolute Gasteiger partial charge is 0.433 e. The lowest BCUT2D eigenvalue weighted by molar-refractivity contribution is -0.144. The van der Waals surface area contributed by atoms with Crippen LogP contribution in [0.5, 0.6) is 0 Å². The molecule has 6 amide bonds. The summed E-state index contributed by atoms with van der Waals surface area (Å²) in [6.45, 7) is 11.5. The number of alkyl halides is 18. The second-order valence-corrected chi connectivity index (χ2v) is 39.6. The minimum Gasteiger partial charge on any atom is -0.383 e. The number of carbonyl (C=O) groups is 6. The number of aryl methyl sites for hydroxylation is 6. The fourth-order valence-electron chi connectivity index (χ4n) is 14.2. The summed E-state index contributed by atoms with van der Waals surface area (Å²) in [4.78, 5) is 93.1. The molecule has 17 rings (SSSR count). The van der Waals surface area contributed by atoms with Crippen molar-refractivity contribution in [3.8, 4) is 63.4 Å². The molecule has 0 radical (unpaired) electrons. The first kappa shape index (κ1) is 114. The van der Waals surface area contributed by atoms with Gasteiger partial charge in [-0.25, -0.2) is 0 Å². The van der Waals surface area contributed by atoms with Crippen LogP contribution in [0.25, 0.3) is 63.4 Å². The number of methoxy groups -OCH3 is 1. The third kappa shape index (κ3) is 30.9. The van der Waals surface area contributed by atoms with Crippen molar-refractivity contribution in [1.29, 1.82) is 0 Å². The maximum absolute atomic E-state index is 13.0. The summed E-state index contributed by atoms with van der Waals surface area (Å²) < 4.78 is 241. The average Bonchev–Trinajstić information content (AvgIpc) is 1.69. The lowest BCUT2D eigenvalue weighted by Gasteiger charge is -2.36. The summed E-state index contributed by atoms with van der Waals surface area (Å²) in [6.07, 6.45) is -20.2. The van der Waals surface area contributed by atoms with E-state index in [1.54, 1.807) is 113 Å². The van der Waals surface area contributed by atoms with Crippen LogP contribution in [-0.2, 0) is 104 Å². The molecule has 52 heteroatoms. The van der Waals surface area contributed by atoms with Gasteiger partial charge in [0.15, 0.2) is 0 Å². The standard InChI is InChI=1S/C20H19F3N4OS.C18H17F3N4OS.C17H14F3N3OS.C16H13F3N4OS.C14H16F3N3OS.C13H14F3N3O2S/c1-25-18(20(21,22)23)13-15(24-25)16-7-8-17(29-16)19(28)27-11-9-26(10-12-27)14-5-3-2-4-6-14;1-3-25(11-12-6-8-22-9-7-12)17(26)15-5-4-14(27-15)13-10-16(18(19,20)21)24(2)23-13;1-23-15(17(18,19)20)9-12(22-23)13-7-8-14(25-13)16(24)21-10-11-5-3-2-4-6-11;1-23-14(16(17,18)19)7-11(22-23)12-4-5-13(25-12)15(24)21-9-10-3-2-6-20-8-10;1-8(2)7-18-13(21)11-5-4-10(22-11)9-6-12(14(15,16)17)20(3)19-9;1-19-11(13(14,15)16)7-8(18-19)9-3-4-10(22-9)12(20)17-5-6-21-2/h2-8,13H,9-12H2,1H3;4-10H,3,11H2,1-2H3;2-9H,10H2,1H3,(H,21,24);2-8H,9H2,1H3,(H,21,24);4-6,8H,7H2,1-3H3,(H,18,21);3-4,7H,5-6H2,1-2H3,(H,17,20). The Morgan fingerprint density at radius 1 is 0.360 bits per heavy atom. The van der Waals surface area contributed by atoms with Crippen molar-refractivity contribution < 1.29 is 113 Å². The number of anilines is 1. The summed E-state index contributed by atoms with van der Waals surface area (Å²) in [5.41, 5.74) is 0.158. The molecule has 14 aromatic heterocycles. The molecule has 150 heavy (non-hydrogen) atoms.